The summed E-state index contributed by atoms with van der Waals surface area (Å²) in [6.45, 7) is 10.4. The fraction of sp³-hybridized carbons (Fsp3) is 0.522. The third-order valence-electron chi connectivity index (χ3n) is 6.11. The highest BCUT2D eigenvalue weighted by atomic mass is 16.7. The highest BCUT2D eigenvalue weighted by Gasteiger charge is 2.45. The lowest BCUT2D eigenvalue weighted by molar-refractivity contribution is -0.123. The smallest absolute Gasteiger partial charge is 0.188 e. The Bertz CT molecular complexity index is 742. The first-order valence-electron chi connectivity index (χ1n) is 9.69. The number of anilines is 1. The molecule has 1 aromatic rings. The molecule has 0 heterocycles. The van der Waals surface area contributed by atoms with Gasteiger partial charge in [-0.25, -0.2) is 0 Å². The predicted molar refractivity (Wildman–Crippen MR) is 112 cm³/mol. The second kappa shape index (κ2) is 9.28. The van der Waals surface area contributed by atoms with Gasteiger partial charge in [-0.2, -0.15) is 0 Å². The average molecular weight is 388 g/mol. The zero-order chi connectivity index (χ0) is 20.9. The molecule has 0 fully saturated rings. The maximum atomic E-state index is 12.7. The number of benzene rings is 1. The molecule has 3 unspecified atom stereocenters. The van der Waals surface area contributed by atoms with E-state index in [-0.39, 0.29) is 35.7 Å². The van der Waals surface area contributed by atoms with Crippen LogP contribution in [0.4, 0.5) is 5.69 Å². The van der Waals surface area contributed by atoms with Crippen molar-refractivity contribution in [2.24, 2.45) is 23.2 Å². The van der Waals surface area contributed by atoms with E-state index in [0.717, 1.165) is 12.0 Å². The number of ketones is 1. The average Bonchev–Trinajstić information content (AvgIpc) is 2.67. The molecule has 0 saturated carbocycles. The normalized spacial score (nSPS) is 24.2. The molecule has 0 bridgehead atoms. The molecule has 0 aromatic heterocycles. The molecule has 0 saturated heterocycles. The topological polar surface area (TPSA) is 70.8 Å². The standard InChI is InChI=1S/C23H33NO4/c1-7-15(2)18-13-23(4,22(12-20(18)25)28-14-26-5)16(3)10-17-8-9-21(27-6)19(24)11-17/h7-9,11-12,15-16,18H,1,10,13-14,24H2,2-6H3/t15?,16?,18?,23-/m0/s1. The first kappa shape index (κ1) is 22.0. The number of allylic oxidation sites excluding steroid dienone is 3. The second-order valence-corrected chi connectivity index (χ2v) is 7.97. The zero-order valence-electron chi connectivity index (χ0n) is 17.7. The molecule has 154 valence electrons. The van der Waals surface area contributed by atoms with E-state index >= 15 is 0 Å². The van der Waals surface area contributed by atoms with Crippen molar-refractivity contribution in [1.29, 1.82) is 0 Å². The lowest BCUT2D eigenvalue weighted by Gasteiger charge is -2.43. The first-order chi connectivity index (χ1) is 13.3. The van der Waals surface area contributed by atoms with Crippen molar-refractivity contribution < 1.29 is 19.0 Å². The second-order valence-electron chi connectivity index (χ2n) is 7.97. The van der Waals surface area contributed by atoms with Crippen LogP contribution in [-0.4, -0.2) is 26.8 Å². The SMILES string of the molecule is C=CC(C)C1C[C@@](C)(C(C)Cc2ccc(OC)c(N)c2)C(OCOC)=CC1=O. The van der Waals surface area contributed by atoms with Crippen LogP contribution in [0, 0.1) is 23.2 Å². The molecule has 1 aromatic carbocycles. The lowest BCUT2D eigenvalue weighted by atomic mass is 9.63. The van der Waals surface area contributed by atoms with E-state index in [2.05, 4.69) is 20.4 Å². The molecule has 28 heavy (non-hydrogen) atoms. The van der Waals surface area contributed by atoms with Gasteiger partial charge in [0.1, 0.15) is 11.5 Å². The number of hydrogen-bond acceptors (Lipinski definition) is 5. The van der Waals surface area contributed by atoms with Crippen LogP contribution in [0.2, 0.25) is 0 Å². The first-order valence-corrected chi connectivity index (χ1v) is 9.69. The maximum absolute atomic E-state index is 12.7. The van der Waals surface area contributed by atoms with Crippen LogP contribution in [0.25, 0.3) is 0 Å². The van der Waals surface area contributed by atoms with E-state index < -0.39 is 0 Å². The maximum Gasteiger partial charge on any atom is 0.188 e. The number of hydrogen-bond donors (Lipinski definition) is 1. The summed E-state index contributed by atoms with van der Waals surface area (Å²) in [6.07, 6.45) is 5.03. The van der Waals surface area contributed by atoms with Crippen LogP contribution in [0.15, 0.2) is 42.7 Å². The van der Waals surface area contributed by atoms with Gasteiger partial charge in [0.25, 0.3) is 0 Å². The van der Waals surface area contributed by atoms with Crippen LogP contribution < -0.4 is 10.5 Å². The van der Waals surface area contributed by atoms with E-state index in [4.69, 9.17) is 19.9 Å². The number of carbonyl (C=O) groups is 1. The zero-order valence-corrected chi connectivity index (χ0v) is 17.7. The van der Waals surface area contributed by atoms with E-state index in [9.17, 15) is 4.79 Å². The summed E-state index contributed by atoms with van der Waals surface area (Å²) in [4.78, 5) is 12.7. The summed E-state index contributed by atoms with van der Waals surface area (Å²) >= 11 is 0. The van der Waals surface area contributed by atoms with Gasteiger partial charge in [-0.15, -0.1) is 6.58 Å². The van der Waals surface area contributed by atoms with Gasteiger partial charge in [-0.3, -0.25) is 4.79 Å². The van der Waals surface area contributed by atoms with Crippen LogP contribution in [0.3, 0.4) is 0 Å². The number of carbonyl (C=O) groups excluding carboxylic acids is 1. The highest BCUT2D eigenvalue weighted by Crippen LogP contribution is 2.48. The van der Waals surface area contributed by atoms with E-state index in [1.54, 1.807) is 20.3 Å². The third-order valence-corrected chi connectivity index (χ3v) is 6.11. The summed E-state index contributed by atoms with van der Waals surface area (Å²) in [6, 6.07) is 5.88. The highest BCUT2D eigenvalue weighted by molar-refractivity contribution is 5.93. The molecule has 1 aliphatic rings. The number of nitrogen functional groups attached to an aromatic ring is 1. The van der Waals surface area contributed by atoms with Gasteiger partial charge in [0.05, 0.1) is 12.8 Å². The fourth-order valence-corrected chi connectivity index (χ4v) is 3.93. The molecule has 1 aliphatic carbocycles. The van der Waals surface area contributed by atoms with Gasteiger partial charge in [-0.05, 0) is 42.4 Å². The summed E-state index contributed by atoms with van der Waals surface area (Å²) in [5.74, 6) is 1.69. The Labute approximate surface area is 168 Å². The van der Waals surface area contributed by atoms with Gasteiger partial charge in [0.15, 0.2) is 12.6 Å². The molecular formula is C23H33NO4. The predicted octanol–water partition coefficient (Wildman–Crippen LogP) is 4.38. The monoisotopic (exact) mass is 387 g/mol. The van der Waals surface area contributed by atoms with Gasteiger partial charge in [0.2, 0.25) is 0 Å². The summed E-state index contributed by atoms with van der Waals surface area (Å²) in [5, 5.41) is 0. The van der Waals surface area contributed by atoms with Crippen molar-refractivity contribution in [3.05, 3.63) is 48.3 Å². The van der Waals surface area contributed by atoms with Crippen LogP contribution in [-0.2, 0) is 20.7 Å². The van der Waals surface area contributed by atoms with Crippen molar-refractivity contribution in [1.82, 2.24) is 0 Å². The van der Waals surface area contributed by atoms with Crippen molar-refractivity contribution in [2.45, 2.75) is 33.6 Å². The Morgan fingerprint density at radius 2 is 2.07 bits per heavy atom. The van der Waals surface area contributed by atoms with Crippen molar-refractivity contribution in [2.75, 3.05) is 26.7 Å². The Hall–Kier alpha value is -2.27. The van der Waals surface area contributed by atoms with Gasteiger partial charge >= 0.3 is 0 Å². The molecular weight excluding hydrogens is 354 g/mol. The van der Waals surface area contributed by atoms with Crippen molar-refractivity contribution in [3.63, 3.8) is 0 Å². The van der Waals surface area contributed by atoms with Gasteiger partial charge in [0, 0.05) is 24.5 Å². The minimum Gasteiger partial charge on any atom is -0.495 e. The molecule has 2 N–H and O–H groups in total. The molecule has 0 radical (unpaired) electrons. The molecule has 2 rings (SSSR count). The fourth-order valence-electron chi connectivity index (χ4n) is 3.93. The minimum absolute atomic E-state index is 0.0943. The Morgan fingerprint density at radius 3 is 2.64 bits per heavy atom. The van der Waals surface area contributed by atoms with E-state index in [1.807, 2.05) is 31.2 Å². The van der Waals surface area contributed by atoms with E-state index in [1.165, 1.54) is 0 Å². The molecule has 0 aliphatic heterocycles. The van der Waals surface area contributed by atoms with Crippen LogP contribution in [0.5, 0.6) is 5.75 Å². The Balaban J connectivity index is 2.32. The molecule has 4 atom stereocenters. The van der Waals surface area contributed by atoms with Crippen molar-refractivity contribution >= 4 is 11.5 Å². The number of ether oxygens (including phenoxy) is 3. The largest absolute Gasteiger partial charge is 0.495 e. The van der Waals surface area contributed by atoms with Gasteiger partial charge < -0.3 is 19.9 Å². The van der Waals surface area contributed by atoms with Gasteiger partial charge in [-0.1, -0.05) is 32.9 Å². The molecule has 0 amide bonds. The van der Waals surface area contributed by atoms with Crippen LogP contribution >= 0.6 is 0 Å². The molecule has 0 spiro atoms. The number of rotatable bonds is 9. The minimum atomic E-state index is -0.303. The quantitative estimate of drug-likeness (QED) is 0.387. The lowest BCUT2D eigenvalue weighted by Crippen LogP contribution is -2.40. The van der Waals surface area contributed by atoms with Crippen LogP contribution in [0.1, 0.15) is 32.8 Å². The van der Waals surface area contributed by atoms with E-state index in [0.29, 0.717) is 23.6 Å². The van der Waals surface area contributed by atoms with Crippen molar-refractivity contribution in [3.8, 4) is 5.75 Å². The number of nitrogens with two attached hydrogens (primary N) is 1. The summed E-state index contributed by atoms with van der Waals surface area (Å²) in [7, 11) is 3.19. The Kier molecular flexibility index (Phi) is 7.30. The summed E-state index contributed by atoms with van der Waals surface area (Å²) < 4.78 is 16.2. The number of methoxy groups -OCH3 is 2. The third kappa shape index (κ3) is 4.58. The summed E-state index contributed by atoms with van der Waals surface area (Å²) in [5.41, 5.74) is 7.53. The Morgan fingerprint density at radius 1 is 1.36 bits per heavy atom. The molecule has 5 nitrogen and oxygen atoms in total. The molecule has 5 heteroatoms.